The summed E-state index contributed by atoms with van der Waals surface area (Å²) in [4.78, 5) is 11.2. The number of nitrogens with one attached hydrogen (secondary N) is 1. The molecule has 0 saturated heterocycles. The lowest BCUT2D eigenvalue weighted by Gasteiger charge is -2.06. The fraction of sp³-hybridized carbons (Fsp3) is 0.357. The van der Waals surface area contributed by atoms with Crippen LogP contribution in [0.4, 0.5) is 13.6 Å². The number of benzene rings is 1. The van der Waals surface area contributed by atoms with Crippen LogP contribution in [0.25, 0.3) is 10.9 Å². The molecule has 1 aromatic carbocycles. The van der Waals surface area contributed by atoms with Crippen LogP contribution < -0.4 is 5.32 Å². The highest BCUT2D eigenvalue weighted by atomic mass is 19.3. The van der Waals surface area contributed by atoms with E-state index in [9.17, 15) is 18.7 Å². The number of amides is 1. The Morgan fingerprint density at radius 2 is 2.24 bits per heavy atom. The molecule has 0 aliphatic heterocycles. The number of aryl methyl sites for hydroxylation is 1. The molecule has 114 valence electrons. The number of alkyl halides is 2. The van der Waals surface area contributed by atoms with Gasteiger partial charge in [-0.3, -0.25) is 0 Å². The Bertz CT molecular complexity index is 640. The van der Waals surface area contributed by atoms with Gasteiger partial charge in [-0.05, 0) is 24.1 Å². The maximum atomic E-state index is 11.9. The summed E-state index contributed by atoms with van der Waals surface area (Å²) in [5.74, 6) is 0.170. The van der Waals surface area contributed by atoms with Gasteiger partial charge in [-0.1, -0.05) is 6.07 Å². The Balaban J connectivity index is 1.97. The van der Waals surface area contributed by atoms with Crippen molar-refractivity contribution in [3.8, 4) is 5.75 Å². The number of hydrogen-bond donors (Lipinski definition) is 2. The molecule has 2 N–H and O–H groups in total. The zero-order valence-corrected chi connectivity index (χ0v) is 11.5. The lowest BCUT2D eigenvalue weighted by atomic mass is 10.1. The van der Waals surface area contributed by atoms with Gasteiger partial charge in [-0.2, -0.15) is 0 Å². The second kappa shape index (κ2) is 6.43. The number of halogens is 2. The topological polar surface area (TPSA) is 63.5 Å². The molecule has 0 aliphatic carbocycles. The molecule has 1 amide bonds. The Labute approximate surface area is 120 Å². The fourth-order valence-corrected chi connectivity index (χ4v) is 2.20. The van der Waals surface area contributed by atoms with Crippen LogP contribution in [-0.2, 0) is 18.2 Å². The minimum atomic E-state index is -2.68. The monoisotopic (exact) mass is 298 g/mol. The summed E-state index contributed by atoms with van der Waals surface area (Å²) < 4.78 is 29.9. The summed E-state index contributed by atoms with van der Waals surface area (Å²) in [6, 6.07) is 5.22. The van der Waals surface area contributed by atoms with Crippen LogP contribution in [0.3, 0.4) is 0 Å². The SMILES string of the molecule is Cn1cc(CCNC(=O)OCC(F)F)c2c(O)cccc21. The molecule has 2 aromatic rings. The van der Waals surface area contributed by atoms with Crippen LogP contribution in [0.2, 0.25) is 0 Å². The van der Waals surface area contributed by atoms with Crippen molar-refractivity contribution < 1.29 is 23.4 Å². The third-order valence-electron chi connectivity index (χ3n) is 3.08. The first kappa shape index (κ1) is 15.1. The number of carbonyl (C=O) groups excluding carboxylic acids is 1. The number of hydrogen-bond acceptors (Lipinski definition) is 3. The first-order valence-corrected chi connectivity index (χ1v) is 6.43. The van der Waals surface area contributed by atoms with E-state index in [2.05, 4.69) is 10.1 Å². The molecule has 21 heavy (non-hydrogen) atoms. The van der Waals surface area contributed by atoms with Gasteiger partial charge in [0.05, 0.1) is 5.52 Å². The van der Waals surface area contributed by atoms with Gasteiger partial charge in [0, 0.05) is 25.2 Å². The van der Waals surface area contributed by atoms with Gasteiger partial charge in [0.25, 0.3) is 6.43 Å². The third-order valence-corrected chi connectivity index (χ3v) is 3.08. The minimum Gasteiger partial charge on any atom is -0.507 e. The first-order chi connectivity index (χ1) is 9.99. The van der Waals surface area contributed by atoms with Crippen LogP contribution >= 0.6 is 0 Å². The average molecular weight is 298 g/mol. The van der Waals surface area contributed by atoms with Gasteiger partial charge < -0.3 is 19.7 Å². The first-order valence-electron chi connectivity index (χ1n) is 6.43. The number of nitrogens with zero attached hydrogens (tertiary/aromatic N) is 1. The van der Waals surface area contributed by atoms with E-state index < -0.39 is 19.1 Å². The van der Waals surface area contributed by atoms with Crippen molar-refractivity contribution in [3.05, 3.63) is 30.0 Å². The smallest absolute Gasteiger partial charge is 0.407 e. The van der Waals surface area contributed by atoms with Crippen molar-refractivity contribution in [2.24, 2.45) is 7.05 Å². The number of alkyl carbamates (subject to hydrolysis) is 1. The quantitative estimate of drug-likeness (QED) is 0.891. The standard InChI is InChI=1S/C14H16F2N2O3/c1-18-7-9(13-10(18)3-2-4-11(13)19)5-6-17-14(20)21-8-12(15)16/h2-4,7,12,19H,5-6,8H2,1H3,(H,17,20). The third kappa shape index (κ3) is 3.62. The maximum Gasteiger partial charge on any atom is 0.407 e. The molecule has 0 aliphatic rings. The number of fused-ring (bicyclic) bond motifs is 1. The van der Waals surface area contributed by atoms with E-state index in [1.54, 1.807) is 12.1 Å². The molecule has 5 nitrogen and oxygen atoms in total. The molecule has 0 saturated carbocycles. The van der Waals surface area contributed by atoms with Gasteiger partial charge in [-0.25, -0.2) is 13.6 Å². The number of aromatic hydroxyl groups is 1. The summed E-state index contributed by atoms with van der Waals surface area (Å²) >= 11 is 0. The molecule has 0 unspecified atom stereocenters. The largest absolute Gasteiger partial charge is 0.507 e. The molecule has 0 radical (unpaired) electrons. The molecular weight excluding hydrogens is 282 g/mol. The van der Waals surface area contributed by atoms with E-state index >= 15 is 0 Å². The van der Waals surface area contributed by atoms with Crippen molar-refractivity contribution in [2.75, 3.05) is 13.2 Å². The zero-order valence-electron chi connectivity index (χ0n) is 11.5. The number of aromatic nitrogens is 1. The van der Waals surface area contributed by atoms with Crippen molar-refractivity contribution in [1.29, 1.82) is 0 Å². The minimum absolute atomic E-state index is 0.170. The Hall–Kier alpha value is -2.31. The molecule has 1 aromatic heterocycles. The predicted molar refractivity (Wildman–Crippen MR) is 73.6 cm³/mol. The maximum absolute atomic E-state index is 11.9. The number of rotatable bonds is 5. The van der Waals surface area contributed by atoms with Crippen molar-refractivity contribution in [2.45, 2.75) is 12.8 Å². The molecule has 0 spiro atoms. The molecule has 2 rings (SSSR count). The van der Waals surface area contributed by atoms with Crippen LogP contribution in [0.5, 0.6) is 5.75 Å². The molecule has 0 atom stereocenters. The molecule has 0 bridgehead atoms. The number of carbonyl (C=O) groups is 1. The molecular formula is C14H16F2N2O3. The molecule has 1 heterocycles. The number of phenols is 1. The van der Waals surface area contributed by atoms with Gasteiger partial charge in [0.2, 0.25) is 0 Å². The highest BCUT2D eigenvalue weighted by molar-refractivity contribution is 5.89. The van der Waals surface area contributed by atoms with Gasteiger partial charge in [0.15, 0.2) is 6.61 Å². The van der Waals surface area contributed by atoms with E-state index in [4.69, 9.17) is 0 Å². The van der Waals surface area contributed by atoms with E-state index in [0.717, 1.165) is 16.5 Å². The fourth-order valence-electron chi connectivity index (χ4n) is 2.20. The van der Waals surface area contributed by atoms with E-state index in [0.29, 0.717) is 6.42 Å². The molecule has 7 heteroatoms. The van der Waals surface area contributed by atoms with E-state index in [1.165, 1.54) is 0 Å². The van der Waals surface area contributed by atoms with Crippen molar-refractivity contribution in [3.63, 3.8) is 0 Å². The van der Waals surface area contributed by atoms with E-state index in [1.807, 2.05) is 23.9 Å². The highest BCUT2D eigenvalue weighted by Gasteiger charge is 2.11. The van der Waals surface area contributed by atoms with Crippen molar-refractivity contribution >= 4 is 17.0 Å². The number of phenolic OH excluding ortho intramolecular Hbond substituents is 1. The summed E-state index contributed by atoms with van der Waals surface area (Å²) in [6.45, 7) is -0.684. The van der Waals surface area contributed by atoms with E-state index in [-0.39, 0.29) is 12.3 Å². The number of ether oxygens (including phenoxy) is 1. The van der Waals surface area contributed by atoms with Crippen LogP contribution in [0.15, 0.2) is 24.4 Å². The summed E-state index contributed by atoms with van der Waals surface area (Å²) in [6.07, 6.45) is -1.24. The van der Waals surface area contributed by atoms with Gasteiger partial charge >= 0.3 is 6.09 Å². The summed E-state index contributed by atoms with van der Waals surface area (Å²) in [7, 11) is 1.86. The Morgan fingerprint density at radius 1 is 1.48 bits per heavy atom. The Morgan fingerprint density at radius 3 is 2.95 bits per heavy atom. The molecule has 0 fully saturated rings. The lowest BCUT2D eigenvalue weighted by Crippen LogP contribution is -2.28. The Kier molecular flexibility index (Phi) is 4.62. The second-order valence-electron chi connectivity index (χ2n) is 4.60. The van der Waals surface area contributed by atoms with Crippen LogP contribution in [-0.4, -0.2) is 35.3 Å². The van der Waals surface area contributed by atoms with Crippen LogP contribution in [0.1, 0.15) is 5.56 Å². The van der Waals surface area contributed by atoms with Gasteiger partial charge in [-0.15, -0.1) is 0 Å². The van der Waals surface area contributed by atoms with Crippen LogP contribution in [0, 0.1) is 0 Å². The lowest BCUT2D eigenvalue weighted by molar-refractivity contribution is 0.0490. The van der Waals surface area contributed by atoms with Crippen molar-refractivity contribution in [1.82, 2.24) is 9.88 Å². The second-order valence-corrected chi connectivity index (χ2v) is 4.60. The zero-order chi connectivity index (χ0) is 15.4. The predicted octanol–water partition coefficient (Wildman–Crippen LogP) is 2.42. The van der Waals surface area contributed by atoms with Gasteiger partial charge in [0.1, 0.15) is 5.75 Å². The normalized spacial score (nSPS) is 11.0. The summed E-state index contributed by atoms with van der Waals surface area (Å²) in [5, 5.41) is 13.0. The highest BCUT2D eigenvalue weighted by Crippen LogP contribution is 2.29. The average Bonchev–Trinajstić information content (AvgIpc) is 2.75. The summed E-state index contributed by atoms with van der Waals surface area (Å²) in [5.41, 5.74) is 1.74.